The Morgan fingerprint density at radius 2 is 1.50 bits per heavy atom. The molecule has 0 spiro atoms. The Bertz CT molecular complexity index is 398. The van der Waals surface area contributed by atoms with Gasteiger partial charge < -0.3 is 8.85 Å². The van der Waals surface area contributed by atoms with Gasteiger partial charge in [0.2, 0.25) is 0 Å². The second-order valence-corrected chi connectivity index (χ2v) is 10.5. The van der Waals surface area contributed by atoms with Crippen molar-refractivity contribution in [2.75, 3.05) is 6.61 Å². The first kappa shape index (κ1) is 21.3. The summed E-state index contributed by atoms with van der Waals surface area (Å²) in [7, 11) is -2.01. The third kappa shape index (κ3) is 11.8. The molecule has 1 heterocycles. The number of rotatable bonds is 15. The monoisotopic (exact) mass is 351 g/mol. The zero-order chi connectivity index (χ0) is 17.5. The summed E-state index contributed by atoms with van der Waals surface area (Å²) in [6, 6.07) is 3.98. The summed E-state index contributed by atoms with van der Waals surface area (Å²) in [6.45, 7) is 7.96. The van der Waals surface area contributed by atoms with Gasteiger partial charge in [-0.15, -0.1) is 0 Å². The van der Waals surface area contributed by atoms with Crippen molar-refractivity contribution in [3.63, 3.8) is 0 Å². The summed E-state index contributed by atoms with van der Waals surface area (Å²) < 4.78 is 12.0. The summed E-state index contributed by atoms with van der Waals surface area (Å²) in [5, 5.41) is 0. The Kier molecular flexibility index (Phi) is 12.1. The Hall–Kier alpha value is -0.713. The van der Waals surface area contributed by atoms with Gasteiger partial charge in [0.25, 0.3) is 0 Å². The van der Waals surface area contributed by atoms with Crippen LogP contribution in [0.25, 0.3) is 0 Å². The maximum atomic E-state index is 6.02. The van der Waals surface area contributed by atoms with Gasteiger partial charge in [-0.2, -0.15) is 0 Å². The van der Waals surface area contributed by atoms with E-state index in [0.29, 0.717) is 6.61 Å². The van der Waals surface area contributed by atoms with Crippen LogP contribution in [-0.2, 0) is 15.5 Å². The highest BCUT2D eigenvalue weighted by Crippen LogP contribution is 2.13. The lowest BCUT2D eigenvalue weighted by Crippen LogP contribution is -2.35. The molecule has 0 saturated heterocycles. The molecule has 0 saturated carbocycles. The molecule has 4 heteroatoms. The van der Waals surface area contributed by atoms with Crippen LogP contribution in [0.5, 0.6) is 0 Å². The lowest BCUT2D eigenvalue weighted by Gasteiger charge is -2.22. The number of hydrogen-bond donors (Lipinski definition) is 0. The van der Waals surface area contributed by atoms with Crippen molar-refractivity contribution in [2.24, 2.45) is 0 Å². The van der Waals surface area contributed by atoms with Crippen LogP contribution in [0.15, 0.2) is 24.5 Å². The molecule has 0 aromatic carbocycles. The summed E-state index contributed by atoms with van der Waals surface area (Å²) in [5.74, 6) is 0. The van der Waals surface area contributed by atoms with Crippen molar-refractivity contribution >= 4 is 8.56 Å². The van der Waals surface area contributed by atoms with Crippen molar-refractivity contribution in [1.82, 2.24) is 4.98 Å². The average molecular weight is 352 g/mol. The Balaban J connectivity index is 1.94. The number of nitrogens with zero attached hydrogens (tertiary/aromatic N) is 1. The average Bonchev–Trinajstić information content (AvgIpc) is 2.59. The van der Waals surface area contributed by atoms with Crippen LogP contribution in [0.3, 0.4) is 0 Å². The Morgan fingerprint density at radius 3 is 2.08 bits per heavy atom. The Morgan fingerprint density at radius 1 is 0.875 bits per heavy atom. The van der Waals surface area contributed by atoms with E-state index in [9.17, 15) is 0 Å². The van der Waals surface area contributed by atoms with Crippen LogP contribution in [0, 0.1) is 0 Å². The van der Waals surface area contributed by atoms with Crippen LogP contribution in [0.4, 0.5) is 0 Å². The molecule has 0 atom stereocenters. The first-order valence-corrected chi connectivity index (χ1v) is 12.6. The molecule has 0 N–H and O–H groups in total. The molecule has 0 bridgehead atoms. The summed E-state index contributed by atoms with van der Waals surface area (Å²) >= 11 is 0. The standard InChI is InChI=1S/C20H37NO2Si/c1-4-5-6-7-8-9-10-11-12-13-17-22-24(2,3)23-19-20-15-14-16-21-18-20/h14-16,18H,4-13,17,19H2,1-3H3. The number of pyridine rings is 1. The summed E-state index contributed by atoms with van der Waals surface area (Å²) in [4.78, 5) is 4.11. The first-order valence-electron chi connectivity index (χ1n) is 9.81. The topological polar surface area (TPSA) is 31.4 Å². The third-order valence-electron chi connectivity index (χ3n) is 4.26. The minimum Gasteiger partial charge on any atom is -0.395 e. The summed E-state index contributed by atoms with van der Waals surface area (Å²) in [5.41, 5.74) is 1.11. The normalized spacial score (nSPS) is 11.8. The molecule has 0 radical (unpaired) electrons. The first-order chi connectivity index (χ1) is 11.6. The van der Waals surface area contributed by atoms with Crippen LogP contribution >= 0.6 is 0 Å². The highest BCUT2D eigenvalue weighted by atomic mass is 28.4. The van der Waals surface area contributed by atoms with E-state index in [1.165, 1.54) is 57.8 Å². The predicted molar refractivity (Wildman–Crippen MR) is 104 cm³/mol. The van der Waals surface area contributed by atoms with E-state index in [4.69, 9.17) is 8.85 Å². The molecule has 0 aliphatic carbocycles. The minimum atomic E-state index is -2.01. The molecule has 24 heavy (non-hydrogen) atoms. The number of unbranched alkanes of at least 4 members (excludes halogenated alkanes) is 9. The molecule has 0 aliphatic heterocycles. The van der Waals surface area contributed by atoms with E-state index in [1.807, 2.05) is 18.3 Å². The predicted octanol–water partition coefficient (Wildman–Crippen LogP) is 6.24. The second kappa shape index (κ2) is 13.6. The smallest absolute Gasteiger partial charge is 0.332 e. The van der Waals surface area contributed by atoms with Gasteiger partial charge in [-0.25, -0.2) is 0 Å². The maximum Gasteiger partial charge on any atom is 0.332 e. The molecule has 1 rings (SSSR count). The molecular weight excluding hydrogens is 314 g/mol. The largest absolute Gasteiger partial charge is 0.395 e. The van der Waals surface area contributed by atoms with Gasteiger partial charge >= 0.3 is 8.56 Å². The van der Waals surface area contributed by atoms with Gasteiger partial charge in [0, 0.05) is 19.0 Å². The number of hydrogen-bond acceptors (Lipinski definition) is 3. The fraction of sp³-hybridized carbons (Fsp3) is 0.750. The van der Waals surface area contributed by atoms with Gasteiger partial charge in [-0.3, -0.25) is 4.98 Å². The van der Waals surface area contributed by atoms with E-state index in [2.05, 4.69) is 25.0 Å². The molecule has 1 aromatic heterocycles. The van der Waals surface area contributed by atoms with E-state index in [1.54, 1.807) is 6.20 Å². The fourth-order valence-electron chi connectivity index (χ4n) is 2.69. The van der Waals surface area contributed by atoms with Gasteiger partial charge in [-0.1, -0.05) is 70.8 Å². The van der Waals surface area contributed by atoms with Crippen LogP contribution < -0.4 is 0 Å². The van der Waals surface area contributed by atoms with Crippen LogP contribution in [0.2, 0.25) is 13.1 Å². The van der Waals surface area contributed by atoms with E-state index in [-0.39, 0.29) is 0 Å². The van der Waals surface area contributed by atoms with E-state index in [0.717, 1.165) is 18.6 Å². The van der Waals surface area contributed by atoms with Gasteiger partial charge in [0.05, 0.1) is 6.61 Å². The quantitative estimate of drug-likeness (QED) is 0.277. The van der Waals surface area contributed by atoms with E-state index < -0.39 is 8.56 Å². The second-order valence-electron chi connectivity index (χ2n) is 7.08. The number of aromatic nitrogens is 1. The zero-order valence-electron chi connectivity index (χ0n) is 16.1. The van der Waals surface area contributed by atoms with Crippen molar-refractivity contribution < 1.29 is 8.85 Å². The molecule has 1 aromatic rings. The van der Waals surface area contributed by atoms with Crippen LogP contribution in [-0.4, -0.2) is 20.2 Å². The highest BCUT2D eigenvalue weighted by molar-refractivity contribution is 6.64. The van der Waals surface area contributed by atoms with E-state index >= 15 is 0 Å². The molecule has 0 unspecified atom stereocenters. The van der Waals surface area contributed by atoms with Crippen molar-refractivity contribution in [2.45, 2.75) is 90.8 Å². The van der Waals surface area contributed by atoms with Crippen molar-refractivity contribution in [3.8, 4) is 0 Å². The van der Waals surface area contributed by atoms with Crippen LogP contribution in [0.1, 0.15) is 76.7 Å². The molecular formula is C20H37NO2Si. The molecule has 3 nitrogen and oxygen atoms in total. The molecule has 0 aliphatic rings. The molecule has 0 amide bonds. The highest BCUT2D eigenvalue weighted by Gasteiger charge is 2.24. The lowest BCUT2D eigenvalue weighted by molar-refractivity contribution is 0.168. The van der Waals surface area contributed by atoms with Gasteiger partial charge in [-0.05, 0) is 31.1 Å². The fourth-order valence-corrected chi connectivity index (χ4v) is 3.92. The molecule has 0 fully saturated rings. The van der Waals surface area contributed by atoms with Gasteiger partial charge in [0.15, 0.2) is 0 Å². The zero-order valence-corrected chi connectivity index (χ0v) is 17.1. The summed E-state index contributed by atoms with van der Waals surface area (Å²) in [6.07, 6.45) is 17.2. The third-order valence-corrected chi connectivity index (χ3v) is 6.00. The lowest BCUT2D eigenvalue weighted by atomic mass is 10.1. The molecule has 138 valence electrons. The Labute approximate surface area is 150 Å². The SMILES string of the molecule is CCCCCCCCCCCCO[Si](C)(C)OCc1cccnc1. The van der Waals surface area contributed by atoms with Crippen molar-refractivity contribution in [3.05, 3.63) is 30.1 Å². The van der Waals surface area contributed by atoms with Crippen molar-refractivity contribution in [1.29, 1.82) is 0 Å². The maximum absolute atomic E-state index is 6.02. The van der Waals surface area contributed by atoms with Gasteiger partial charge in [0.1, 0.15) is 0 Å². The minimum absolute atomic E-state index is 0.602.